The lowest BCUT2D eigenvalue weighted by molar-refractivity contribution is -0.132. The van der Waals surface area contributed by atoms with Gasteiger partial charge >= 0.3 is 5.91 Å². The molecule has 2 aliphatic rings. The number of hydrogen-bond acceptors (Lipinski definition) is 11. The van der Waals surface area contributed by atoms with Crippen molar-refractivity contribution in [3.05, 3.63) is 124 Å². The van der Waals surface area contributed by atoms with Crippen LogP contribution in [0.5, 0.6) is 23.0 Å². The van der Waals surface area contributed by atoms with Crippen molar-refractivity contribution in [2.45, 2.75) is 22.7 Å². The Balaban J connectivity index is 1.26. The number of aromatic nitrogens is 2. The summed E-state index contributed by atoms with van der Waals surface area (Å²) in [6.45, 7) is 1.05. The fourth-order valence-electron chi connectivity index (χ4n) is 5.48. The summed E-state index contributed by atoms with van der Waals surface area (Å²) < 4.78 is 23.7. The van der Waals surface area contributed by atoms with Crippen LogP contribution in [0.4, 0.5) is 5.13 Å². The van der Waals surface area contributed by atoms with Gasteiger partial charge in [-0.2, -0.15) is 0 Å². The summed E-state index contributed by atoms with van der Waals surface area (Å²) in [5.41, 5.74) is 2.67. The van der Waals surface area contributed by atoms with E-state index in [9.17, 15) is 14.7 Å². The maximum atomic E-state index is 13.8. The molecule has 0 spiro atoms. The SMILES string of the molecule is COc1cc(C2/C(=C(\O)c3ccc4c(c3)OCCO4)C(=O)C(=O)N2c2nnc(SCc3ccc(Cl)cc3)s2)ccc1OCc1ccccc1. The van der Waals surface area contributed by atoms with Crippen molar-refractivity contribution in [3.63, 3.8) is 0 Å². The molecule has 0 bridgehead atoms. The Bertz CT molecular complexity index is 2050. The second kappa shape index (κ2) is 14.2. The van der Waals surface area contributed by atoms with Crippen molar-refractivity contribution in [1.29, 1.82) is 0 Å². The molecule has 1 saturated heterocycles. The molecule has 13 heteroatoms. The normalized spacial score (nSPS) is 16.5. The van der Waals surface area contributed by atoms with Crippen molar-refractivity contribution in [1.82, 2.24) is 10.2 Å². The van der Waals surface area contributed by atoms with E-state index in [0.717, 1.165) is 11.1 Å². The fourth-order valence-corrected chi connectivity index (χ4v) is 7.43. The molecule has 2 aliphatic heterocycles. The Morgan fingerprint density at radius 1 is 0.939 bits per heavy atom. The van der Waals surface area contributed by atoms with Crippen molar-refractivity contribution in [2.24, 2.45) is 0 Å². The largest absolute Gasteiger partial charge is 0.507 e. The number of nitrogens with zero attached hydrogens (tertiary/aromatic N) is 3. The number of methoxy groups -OCH3 is 1. The molecule has 1 atom stereocenters. The monoisotopic (exact) mass is 713 g/mol. The van der Waals surface area contributed by atoms with Gasteiger partial charge in [0.05, 0.1) is 18.7 Å². The summed E-state index contributed by atoms with van der Waals surface area (Å²) in [5.74, 6) is 0.310. The number of aliphatic hydroxyl groups is 1. The van der Waals surface area contributed by atoms with Crippen molar-refractivity contribution < 1.29 is 33.6 Å². The zero-order valence-corrected chi connectivity index (χ0v) is 28.4. The predicted octanol–water partition coefficient (Wildman–Crippen LogP) is 7.47. The van der Waals surface area contributed by atoms with Crippen LogP contribution in [0, 0.1) is 0 Å². The van der Waals surface area contributed by atoms with E-state index in [2.05, 4.69) is 10.2 Å². The lowest BCUT2D eigenvalue weighted by Crippen LogP contribution is -2.29. The molecule has 0 radical (unpaired) electrons. The van der Waals surface area contributed by atoms with Gasteiger partial charge in [0.15, 0.2) is 27.3 Å². The number of Topliss-reactive ketones (excluding diaryl/α,β-unsaturated/α-hetero) is 1. The molecule has 1 amide bonds. The smallest absolute Gasteiger partial charge is 0.301 e. The first-order chi connectivity index (χ1) is 23.9. The van der Waals surface area contributed by atoms with Gasteiger partial charge in [-0.3, -0.25) is 14.5 Å². The van der Waals surface area contributed by atoms with Gasteiger partial charge in [-0.05, 0) is 59.2 Å². The average Bonchev–Trinajstić information content (AvgIpc) is 3.71. The number of carbonyl (C=O) groups is 2. The van der Waals surface area contributed by atoms with Gasteiger partial charge in [-0.1, -0.05) is 83.2 Å². The van der Waals surface area contributed by atoms with Crippen LogP contribution in [0.2, 0.25) is 5.02 Å². The van der Waals surface area contributed by atoms with Gasteiger partial charge < -0.3 is 24.1 Å². The van der Waals surface area contributed by atoms with Crippen LogP contribution in [-0.4, -0.2) is 47.3 Å². The molecule has 0 aliphatic carbocycles. The summed E-state index contributed by atoms with van der Waals surface area (Å²) >= 11 is 8.64. The molecule has 7 rings (SSSR count). The lowest BCUT2D eigenvalue weighted by Gasteiger charge is -2.24. The number of hydrogen-bond donors (Lipinski definition) is 1. The second-order valence-electron chi connectivity index (χ2n) is 11.0. The third-order valence-electron chi connectivity index (χ3n) is 7.88. The Morgan fingerprint density at radius 2 is 1.71 bits per heavy atom. The zero-order valence-electron chi connectivity index (χ0n) is 26.0. The first-order valence-electron chi connectivity index (χ1n) is 15.2. The molecule has 1 fully saturated rings. The van der Waals surface area contributed by atoms with E-state index >= 15 is 0 Å². The summed E-state index contributed by atoms with van der Waals surface area (Å²) in [6.07, 6.45) is 0. The third kappa shape index (κ3) is 6.80. The van der Waals surface area contributed by atoms with Crippen molar-refractivity contribution in [2.75, 3.05) is 25.2 Å². The molecule has 248 valence electrons. The minimum absolute atomic E-state index is 0.118. The predicted molar refractivity (Wildman–Crippen MR) is 187 cm³/mol. The first-order valence-corrected chi connectivity index (χ1v) is 17.3. The molecular weight excluding hydrogens is 686 g/mol. The van der Waals surface area contributed by atoms with Crippen molar-refractivity contribution >= 4 is 57.3 Å². The van der Waals surface area contributed by atoms with Crippen LogP contribution >= 0.6 is 34.7 Å². The van der Waals surface area contributed by atoms with Gasteiger partial charge in [0.2, 0.25) is 5.13 Å². The zero-order chi connectivity index (χ0) is 33.9. The number of carbonyl (C=O) groups excluding carboxylic acids is 2. The highest BCUT2D eigenvalue weighted by Gasteiger charge is 2.48. The van der Waals surface area contributed by atoms with E-state index in [1.54, 1.807) is 36.4 Å². The topological polar surface area (TPSA) is 120 Å². The maximum Gasteiger partial charge on any atom is 0.301 e. The molecular formula is C36H28ClN3O7S2. The third-order valence-corrected chi connectivity index (χ3v) is 10.3. The number of fused-ring (bicyclic) bond motifs is 1. The van der Waals surface area contributed by atoms with Gasteiger partial charge in [0.25, 0.3) is 5.78 Å². The van der Waals surface area contributed by atoms with E-state index in [1.807, 2.05) is 54.6 Å². The van der Waals surface area contributed by atoms with Crippen LogP contribution in [-0.2, 0) is 21.9 Å². The van der Waals surface area contributed by atoms with Crippen LogP contribution in [0.1, 0.15) is 28.3 Å². The van der Waals surface area contributed by atoms with Crippen LogP contribution in [0.15, 0.2) is 101 Å². The van der Waals surface area contributed by atoms with Gasteiger partial charge in [0, 0.05) is 16.3 Å². The highest BCUT2D eigenvalue weighted by atomic mass is 35.5. The lowest BCUT2D eigenvalue weighted by atomic mass is 9.95. The molecule has 5 aromatic rings. The van der Waals surface area contributed by atoms with Gasteiger partial charge in [-0.15, -0.1) is 10.2 Å². The highest BCUT2D eigenvalue weighted by Crippen LogP contribution is 2.46. The second-order valence-corrected chi connectivity index (χ2v) is 13.6. The molecule has 0 saturated carbocycles. The fraction of sp³-hybridized carbons (Fsp3) is 0.167. The number of benzene rings is 4. The number of halogens is 1. The van der Waals surface area contributed by atoms with Crippen molar-refractivity contribution in [3.8, 4) is 23.0 Å². The summed E-state index contributed by atoms with van der Waals surface area (Å²) in [4.78, 5) is 28.9. The average molecular weight is 714 g/mol. The Kier molecular flexibility index (Phi) is 9.43. The Labute approximate surface area is 294 Å². The number of rotatable bonds is 10. The van der Waals surface area contributed by atoms with E-state index in [4.69, 9.17) is 30.5 Å². The number of ketones is 1. The number of ether oxygens (including phenoxy) is 4. The molecule has 1 aromatic heterocycles. The first kappa shape index (κ1) is 32.5. The van der Waals surface area contributed by atoms with Gasteiger partial charge in [-0.25, -0.2) is 0 Å². The van der Waals surface area contributed by atoms with E-state index in [-0.39, 0.29) is 16.5 Å². The van der Waals surface area contributed by atoms with Crippen LogP contribution in [0.25, 0.3) is 5.76 Å². The molecule has 49 heavy (non-hydrogen) atoms. The quantitative estimate of drug-likeness (QED) is 0.0513. The minimum atomic E-state index is -1.06. The van der Waals surface area contributed by atoms with E-state index in [1.165, 1.54) is 35.1 Å². The molecule has 10 nitrogen and oxygen atoms in total. The molecule has 4 aromatic carbocycles. The number of anilines is 1. The van der Waals surface area contributed by atoms with Crippen LogP contribution in [0.3, 0.4) is 0 Å². The Hall–Kier alpha value is -5.04. The van der Waals surface area contributed by atoms with E-state index < -0.39 is 17.7 Å². The summed E-state index contributed by atoms with van der Waals surface area (Å²) in [6, 6.07) is 26.1. The Morgan fingerprint density at radius 3 is 2.49 bits per heavy atom. The molecule has 1 unspecified atom stereocenters. The molecule has 3 heterocycles. The standard InChI is InChI=1S/C36H28ClN3O7S2/c1-44-28-17-23(9-13-26(28)47-19-21-5-3-2-4-6-21)31-30(32(41)24-10-14-27-29(18-24)46-16-15-45-27)33(42)34(43)40(31)35-38-39-36(49-35)48-20-22-7-11-25(37)12-8-22/h2-14,17-18,31,41H,15-16,19-20H2,1H3/b32-30+. The summed E-state index contributed by atoms with van der Waals surface area (Å²) in [5, 5.41) is 21.2. The van der Waals surface area contributed by atoms with Crippen LogP contribution < -0.4 is 23.8 Å². The number of amides is 1. The number of thioether (sulfide) groups is 1. The summed E-state index contributed by atoms with van der Waals surface area (Å²) in [7, 11) is 1.51. The van der Waals surface area contributed by atoms with Gasteiger partial charge in [0.1, 0.15) is 25.6 Å². The minimum Gasteiger partial charge on any atom is -0.507 e. The molecule has 1 N–H and O–H groups in total. The number of aliphatic hydroxyl groups excluding tert-OH is 1. The van der Waals surface area contributed by atoms with E-state index in [0.29, 0.717) is 69.1 Å². The maximum absolute atomic E-state index is 13.8. The highest BCUT2D eigenvalue weighted by molar-refractivity contribution is 8.00.